The van der Waals surface area contributed by atoms with E-state index < -0.39 is 0 Å². The molecule has 0 atom stereocenters. The second kappa shape index (κ2) is 4.70. The van der Waals surface area contributed by atoms with Gasteiger partial charge < -0.3 is 0 Å². The highest BCUT2D eigenvalue weighted by molar-refractivity contribution is 6.33. The van der Waals surface area contributed by atoms with Gasteiger partial charge in [-0.25, -0.2) is 4.98 Å². The van der Waals surface area contributed by atoms with Crippen LogP contribution >= 0.6 is 0 Å². The maximum atomic E-state index is 12.0. The molecule has 104 valence electrons. The summed E-state index contributed by atoms with van der Waals surface area (Å²) in [5.74, 6) is -0.410. The molecular weight excluding hydrogens is 276 g/mol. The third-order valence-corrected chi connectivity index (χ3v) is 3.66. The van der Waals surface area contributed by atoms with Gasteiger partial charge in [0.15, 0.2) is 11.6 Å². The van der Waals surface area contributed by atoms with E-state index >= 15 is 0 Å². The Kier molecular flexibility index (Phi) is 2.69. The number of nitrogens with zero attached hydrogens (tertiary/aromatic N) is 2. The zero-order valence-electron chi connectivity index (χ0n) is 11.5. The average Bonchev–Trinajstić information content (AvgIpc) is 2.56. The molecule has 4 heteroatoms. The Bertz CT molecular complexity index is 1020. The van der Waals surface area contributed by atoms with Crippen molar-refractivity contribution in [2.45, 2.75) is 0 Å². The van der Waals surface area contributed by atoms with Crippen LogP contribution in [0.1, 0.15) is 5.69 Å². The van der Waals surface area contributed by atoms with Crippen LogP contribution in [0.5, 0.6) is 0 Å². The third kappa shape index (κ3) is 1.93. The molecular formula is C18H10N2O2. The van der Waals surface area contributed by atoms with Crippen molar-refractivity contribution >= 4 is 38.9 Å². The number of hydrogen-bond donors (Lipinski definition) is 0. The summed E-state index contributed by atoms with van der Waals surface area (Å²) in [5, 5.41) is 1.93. The van der Waals surface area contributed by atoms with Crippen LogP contribution in [-0.4, -0.2) is 21.5 Å². The number of fused-ring (bicyclic) bond motifs is 3. The van der Waals surface area contributed by atoms with E-state index in [4.69, 9.17) is 0 Å². The number of aromatic nitrogens is 2. The van der Waals surface area contributed by atoms with Gasteiger partial charge in [0.25, 0.3) is 0 Å². The van der Waals surface area contributed by atoms with Gasteiger partial charge in [-0.2, -0.15) is 0 Å². The highest BCUT2D eigenvalue weighted by atomic mass is 16.1. The molecule has 1 aromatic carbocycles. The van der Waals surface area contributed by atoms with Crippen LogP contribution in [0, 0.1) is 0 Å². The molecule has 4 rings (SSSR count). The van der Waals surface area contributed by atoms with Crippen molar-refractivity contribution in [3.8, 4) is 0 Å². The fourth-order valence-electron chi connectivity index (χ4n) is 2.58. The van der Waals surface area contributed by atoms with Crippen molar-refractivity contribution in [1.29, 1.82) is 0 Å². The van der Waals surface area contributed by atoms with E-state index in [-0.39, 0.29) is 11.6 Å². The maximum Gasteiger partial charge on any atom is 0.188 e. The fourth-order valence-corrected chi connectivity index (χ4v) is 2.58. The summed E-state index contributed by atoms with van der Waals surface area (Å²) in [6, 6.07) is 11.4. The number of pyridine rings is 2. The molecule has 4 nitrogen and oxygen atoms in total. The summed E-state index contributed by atoms with van der Waals surface area (Å²) in [6.07, 6.45) is 5.59. The highest BCUT2D eigenvalue weighted by Gasteiger charge is 2.17. The minimum absolute atomic E-state index is 0.201. The Morgan fingerprint density at radius 2 is 1.59 bits per heavy atom. The molecule has 0 spiro atoms. The molecule has 0 saturated carbocycles. The van der Waals surface area contributed by atoms with Crippen LogP contribution in [0.2, 0.25) is 0 Å². The highest BCUT2D eigenvalue weighted by Crippen LogP contribution is 2.25. The summed E-state index contributed by atoms with van der Waals surface area (Å²) >= 11 is 0. The lowest BCUT2D eigenvalue weighted by atomic mass is 9.99. The smallest absolute Gasteiger partial charge is 0.188 e. The Balaban J connectivity index is 1.99. The van der Waals surface area contributed by atoms with Crippen LogP contribution in [0.25, 0.3) is 27.4 Å². The zero-order chi connectivity index (χ0) is 15.1. The molecule has 2 aromatic heterocycles. The molecule has 0 radical (unpaired) electrons. The molecule has 0 aliphatic heterocycles. The van der Waals surface area contributed by atoms with E-state index in [1.165, 1.54) is 18.2 Å². The van der Waals surface area contributed by atoms with Gasteiger partial charge in [0.05, 0.1) is 22.3 Å². The van der Waals surface area contributed by atoms with Gasteiger partial charge in [-0.15, -0.1) is 0 Å². The van der Waals surface area contributed by atoms with Crippen LogP contribution in [0.15, 0.2) is 60.8 Å². The third-order valence-electron chi connectivity index (χ3n) is 3.66. The monoisotopic (exact) mass is 286 g/mol. The molecule has 0 unspecified atom stereocenters. The number of benzene rings is 1. The number of ketones is 2. The van der Waals surface area contributed by atoms with Crippen molar-refractivity contribution in [2.24, 2.45) is 0 Å². The topological polar surface area (TPSA) is 59.9 Å². The van der Waals surface area contributed by atoms with Gasteiger partial charge in [-0.1, -0.05) is 24.3 Å². The number of rotatable bonds is 1. The van der Waals surface area contributed by atoms with Gasteiger partial charge in [0.2, 0.25) is 0 Å². The van der Waals surface area contributed by atoms with E-state index in [0.29, 0.717) is 11.3 Å². The fraction of sp³-hybridized carbons (Fsp3) is 0. The van der Waals surface area contributed by atoms with E-state index in [1.807, 2.05) is 30.3 Å². The largest absolute Gasteiger partial charge is 0.290 e. The lowest BCUT2D eigenvalue weighted by Gasteiger charge is -2.08. The van der Waals surface area contributed by atoms with Crippen LogP contribution in [-0.2, 0) is 9.59 Å². The predicted octanol–water partition coefficient (Wildman–Crippen LogP) is 2.87. The molecule has 0 bridgehead atoms. The first kappa shape index (κ1) is 12.6. The van der Waals surface area contributed by atoms with E-state index in [1.54, 1.807) is 12.3 Å². The summed E-state index contributed by atoms with van der Waals surface area (Å²) in [4.78, 5) is 32.4. The van der Waals surface area contributed by atoms with Crippen molar-refractivity contribution in [3.63, 3.8) is 0 Å². The zero-order valence-corrected chi connectivity index (χ0v) is 11.5. The van der Waals surface area contributed by atoms with Gasteiger partial charge in [0, 0.05) is 17.0 Å². The van der Waals surface area contributed by atoms with E-state index in [9.17, 15) is 9.59 Å². The number of carbonyl (C=O) groups excluding carboxylic acids is 2. The minimum Gasteiger partial charge on any atom is -0.290 e. The molecule has 3 aromatic rings. The Morgan fingerprint density at radius 3 is 2.45 bits per heavy atom. The molecule has 0 saturated heterocycles. The van der Waals surface area contributed by atoms with Gasteiger partial charge in [-0.05, 0) is 30.4 Å². The second-order valence-electron chi connectivity index (χ2n) is 5.07. The first-order valence-corrected chi connectivity index (χ1v) is 6.85. The van der Waals surface area contributed by atoms with Crippen LogP contribution in [0.4, 0.5) is 0 Å². The van der Waals surface area contributed by atoms with Gasteiger partial charge >= 0.3 is 0 Å². The van der Waals surface area contributed by atoms with Crippen molar-refractivity contribution < 1.29 is 9.59 Å². The maximum absolute atomic E-state index is 12.0. The molecule has 0 fully saturated rings. The number of hydrogen-bond acceptors (Lipinski definition) is 4. The van der Waals surface area contributed by atoms with Crippen molar-refractivity contribution in [3.05, 3.63) is 66.5 Å². The van der Waals surface area contributed by atoms with E-state index in [2.05, 4.69) is 9.97 Å². The Labute approximate surface area is 125 Å². The summed E-state index contributed by atoms with van der Waals surface area (Å²) in [7, 11) is 0. The van der Waals surface area contributed by atoms with Crippen molar-refractivity contribution in [1.82, 2.24) is 9.97 Å². The van der Waals surface area contributed by atoms with Crippen LogP contribution < -0.4 is 0 Å². The molecule has 22 heavy (non-hydrogen) atoms. The van der Waals surface area contributed by atoms with Crippen LogP contribution in [0.3, 0.4) is 0 Å². The lowest BCUT2D eigenvalue weighted by Crippen LogP contribution is -2.08. The normalized spacial score (nSPS) is 14.6. The molecule has 0 N–H and O–H groups in total. The van der Waals surface area contributed by atoms with Gasteiger partial charge in [-0.3, -0.25) is 14.6 Å². The standard InChI is InChI=1S/C18H10N2O2/c21-13-6-8-16(22)14(10-13)15-7-5-12-4-3-11-2-1-9-19-17(11)18(12)20-15/h1-10H. The summed E-state index contributed by atoms with van der Waals surface area (Å²) in [5.41, 5.74) is 2.33. The summed E-state index contributed by atoms with van der Waals surface area (Å²) in [6.45, 7) is 0. The van der Waals surface area contributed by atoms with Crippen molar-refractivity contribution in [2.75, 3.05) is 0 Å². The molecule has 2 heterocycles. The summed E-state index contributed by atoms with van der Waals surface area (Å²) < 4.78 is 0. The Morgan fingerprint density at radius 1 is 0.818 bits per heavy atom. The number of carbonyl (C=O) groups is 2. The molecule has 1 aliphatic carbocycles. The lowest BCUT2D eigenvalue weighted by molar-refractivity contribution is -0.113. The SMILES string of the molecule is O=C1C=CC(=O)C(c2ccc3ccc4cccnc4c3n2)=C1. The first-order chi connectivity index (χ1) is 10.7. The average molecular weight is 286 g/mol. The quantitative estimate of drug-likeness (QED) is 0.510. The number of allylic oxidation sites excluding steroid dienone is 4. The molecule has 1 aliphatic rings. The molecule has 0 amide bonds. The minimum atomic E-state index is -0.209. The second-order valence-corrected chi connectivity index (χ2v) is 5.07. The first-order valence-electron chi connectivity index (χ1n) is 6.85. The van der Waals surface area contributed by atoms with E-state index in [0.717, 1.165) is 21.8 Å². The predicted molar refractivity (Wildman–Crippen MR) is 84.2 cm³/mol. The Hall–Kier alpha value is -3.14. The van der Waals surface area contributed by atoms with Gasteiger partial charge in [0.1, 0.15) is 0 Å².